The summed E-state index contributed by atoms with van der Waals surface area (Å²) >= 11 is 0. The Kier molecular flexibility index (Phi) is 7.26. The Morgan fingerprint density at radius 1 is 1.13 bits per heavy atom. The van der Waals surface area contributed by atoms with E-state index in [2.05, 4.69) is 60.3 Å². The van der Waals surface area contributed by atoms with Crippen LogP contribution in [-0.4, -0.2) is 88.1 Å². The molecule has 1 aromatic carbocycles. The van der Waals surface area contributed by atoms with Crippen molar-refractivity contribution in [1.82, 2.24) is 29.7 Å². The predicted octanol–water partition coefficient (Wildman–Crippen LogP) is 3.98. The average Bonchev–Trinajstić information content (AvgIpc) is 3.70. The lowest BCUT2D eigenvalue weighted by molar-refractivity contribution is -0.152. The van der Waals surface area contributed by atoms with Gasteiger partial charge in [-0.05, 0) is 63.7 Å². The van der Waals surface area contributed by atoms with E-state index in [-0.39, 0.29) is 18.0 Å². The third-order valence-electron chi connectivity index (χ3n) is 7.73. The maximum atomic E-state index is 12.6. The Labute approximate surface area is 228 Å². The largest absolute Gasteiger partial charge is 0.461 e. The fourth-order valence-electron chi connectivity index (χ4n) is 5.60. The van der Waals surface area contributed by atoms with Gasteiger partial charge in [0, 0.05) is 49.4 Å². The van der Waals surface area contributed by atoms with Gasteiger partial charge in [-0.1, -0.05) is 12.1 Å². The number of likely N-dealkylation sites (N-methyl/N-ethyl adjacent to an activating group) is 1. The van der Waals surface area contributed by atoms with E-state index in [9.17, 15) is 4.79 Å². The number of H-pyrrole nitrogens is 1. The fraction of sp³-hybridized carbons (Fsp3) is 0.400. The van der Waals surface area contributed by atoms with Crippen LogP contribution in [0.2, 0.25) is 0 Å². The number of imidazole rings is 1. The van der Waals surface area contributed by atoms with Crippen LogP contribution in [0.4, 0.5) is 5.69 Å². The second kappa shape index (κ2) is 11.1. The van der Waals surface area contributed by atoms with E-state index >= 15 is 0 Å². The molecule has 3 aromatic heterocycles. The number of fused-ring (bicyclic) bond motifs is 1. The van der Waals surface area contributed by atoms with Gasteiger partial charge >= 0.3 is 5.97 Å². The summed E-state index contributed by atoms with van der Waals surface area (Å²) in [7, 11) is 2.07. The van der Waals surface area contributed by atoms with Gasteiger partial charge in [-0.2, -0.15) is 0 Å². The number of aromatic nitrogens is 4. The van der Waals surface area contributed by atoms with Gasteiger partial charge in [-0.3, -0.25) is 14.8 Å². The number of hydrogen-bond acceptors (Lipinski definition) is 8. The molecule has 0 spiro atoms. The molecule has 0 bridgehead atoms. The summed E-state index contributed by atoms with van der Waals surface area (Å²) in [6, 6.07) is 14.3. The summed E-state index contributed by atoms with van der Waals surface area (Å²) in [6.07, 6.45) is 5.45. The highest BCUT2D eigenvalue weighted by Crippen LogP contribution is 2.30. The lowest BCUT2D eigenvalue weighted by Crippen LogP contribution is -2.30. The Hall–Kier alpha value is -3.82. The molecule has 5 heterocycles. The molecule has 2 unspecified atom stereocenters. The monoisotopic (exact) mass is 525 g/mol. The van der Waals surface area contributed by atoms with Gasteiger partial charge in [-0.15, -0.1) is 0 Å². The van der Waals surface area contributed by atoms with E-state index in [1.165, 1.54) is 0 Å². The molecule has 9 heteroatoms. The number of aromatic amines is 1. The molecule has 9 nitrogen and oxygen atoms in total. The molecule has 0 amide bonds. The van der Waals surface area contributed by atoms with Gasteiger partial charge in [-0.25, -0.2) is 4.98 Å². The first kappa shape index (κ1) is 25.5. The van der Waals surface area contributed by atoms with Crippen LogP contribution < -0.4 is 5.32 Å². The summed E-state index contributed by atoms with van der Waals surface area (Å²) < 4.78 is 5.76. The second-order valence-electron chi connectivity index (χ2n) is 10.7. The van der Waals surface area contributed by atoms with Crippen LogP contribution >= 0.6 is 0 Å². The average molecular weight is 526 g/mol. The number of nitrogens with zero attached hydrogens (tertiary/aromatic N) is 5. The van der Waals surface area contributed by atoms with E-state index in [0.29, 0.717) is 0 Å². The summed E-state index contributed by atoms with van der Waals surface area (Å²) in [5.74, 6) is -0.0443. The van der Waals surface area contributed by atoms with Crippen molar-refractivity contribution in [2.45, 2.75) is 25.9 Å². The second-order valence-corrected chi connectivity index (χ2v) is 10.7. The normalized spacial score (nSPS) is 20.1. The molecule has 0 saturated carbocycles. The molecular formula is C30H35N7O2. The number of nitrogens with one attached hydrogen (secondary N) is 2. The molecule has 4 aromatic rings. The fourth-order valence-corrected chi connectivity index (χ4v) is 5.60. The first-order valence-electron chi connectivity index (χ1n) is 13.7. The summed E-state index contributed by atoms with van der Waals surface area (Å²) in [5.41, 5.74) is 6.54. The number of carbonyl (C=O) groups excluding carboxylic acids is 1. The van der Waals surface area contributed by atoms with E-state index in [4.69, 9.17) is 4.74 Å². The zero-order valence-corrected chi connectivity index (χ0v) is 22.6. The number of carbonyl (C=O) groups is 1. The molecule has 2 atom stereocenters. The first-order chi connectivity index (χ1) is 19.0. The van der Waals surface area contributed by atoms with Crippen molar-refractivity contribution in [2.75, 3.05) is 51.6 Å². The predicted molar refractivity (Wildman–Crippen MR) is 152 cm³/mol. The van der Waals surface area contributed by atoms with Crippen molar-refractivity contribution in [2.24, 2.45) is 5.92 Å². The van der Waals surface area contributed by atoms with E-state index < -0.39 is 0 Å². The zero-order valence-electron chi connectivity index (χ0n) is 22.6. The smallest absolute Gasteiger partial charge is 0.310 e. The molecule has 2 fully saturated rings. The van der Waals surface area contributed by atoms with Crippen LogP contribution in [0.5, 0.6) is 0 Å². The van der Waals surface area contributed by atoms with Gasteiger partial charge < -0.3 is 24.8 Å². The van der Waals surface area contributed by atoms with Crippen molar-refractivity contribution in [3.05, 3.63) is 60.7 Å². The number of hydrogen-bond donors (Lipinski definition) is 2. The van der Waals surface area contributed by atoms with Gasteiger partial charge in [0.25, 0.3) is 0 Å². The highest BCUT2D eigenvalue weighted by Gasteiger charge is 2.32. The minimum Gasteiger partial charge on any atom is -0.461 e. The number of benzene rings is 1. The van der Waals surface area contributed by atoms with Crippen molar-refractivity contribution in [3.63, 3.8) is 0 Å². The minimum absolute atomic E-state index is 0.0152. The molecule has 2 N–H and O–H groups in total. The third-order valence-corrected chi connectivity index (χ3v) is 7.73. The van der Waals surface area contributed by atoms with E-state index in [0.717, 1.165) is 97.0 Å². The molecule has 2 saturated heterocycles. The van der Waals surface area contributed by atoms with Crippen LogP contribution in [0.3, 0.4) is 0 Å². The number of rotatable bonds is 8. The standard InChI is InChI=1S/C30H35N7O2/c1-20-4-3-5-27(35-20)29-28(33-19-34-29)21-6-7-26-23(14-21)15-24(16-32-26)31-10-13-37-12-8-22(17-37)30(38)39-25-9-11-36(2)18-25/h3-7,14-16,19,22,25,31H,8-13,17-18H2,1-2H3,(H,33,34). The number of anilines is 1. The minimum atomic E-state index is -0.0291. The van der Waals surface area contributed by atoms with Gasteiger partial charge in [0.05, 0.1) is 46.7 Å². The van der Waals surface area contributed by atoms with Crippen LogP contribution in [0.25, 0.3) is 33.5 Å². The highest BCUT2D eigenvalue weighted by molar-refractivity contribution is 5.88. The lowest BCUT2D eigenvalue weighted by Gasteiger charge is -2.18. The topological polar surface area (TPSA) is 99.3 Å². The first-order valence-corrected chi connectivity index (χ1v) is 13.7. The number of ether oxygens (including phenoxy) is 1. The highest BCUT2D eigenvalue weighted by atomic mass is 16.5. The summed E-state index contributed by atoms with van der Waals surface area (Å²) in [5, 5.41) is 4.56. The van der Waals surface area contributed by atoms with Crippen molar-refractivity contribution < 1.29 is 9.53 Å². The van der Waals surface area contributed by atoms with Crippen molar-refractivity contribution in [3.8, 4) is 22.6 Å². The number of likely N-dealkylation sites (tertiary alicyclic amines) is 2. The molecular weight excluding hydrogens is 490 g/mol. The van der Waals surface area contributed by atoms with Crippen molar-refractivity contribution in [1.29, 1.82) is 0 Å². The summed E-state index contributed by atoms with van der Waals surface area (Å²) in [4.78, 5) is 34.3. The molecule has 2 aliphatic rings. The zero-order chi connectivity index (χ0) is 26.8. The quantitative estimate of drug-likeness (QED) is 0.334. The van der Waals surface area contributed by atoms with E-state index in [1.807, 2.05) is 37.4 Å². The van der Waals surface area contributed by atoms with E-state index in [1.54, 1.807) is 6.33 Å². The van der Waals surface area contributed by atoms with Crippen LogP contribution in [0.1, 0.15) is 18.5 Å². The Bertz CT molecular complexity index is 1470. The van der Waals surface area contributed by atoms with Gasteiger partial charge in [0.1, 0.15) is 6.10 Å². The number of esters is 1. The van der Waals surface area contributed by atoms with Crippen LogP contribution in [-0.2, 0) is 9.53 Å². The summed E-state index contributed by atoms with van der Waals surface area (Å²) in [6.45, 7) is 7.18. The number of aryl methyl sites for hydroxylation is 1. The van der Waals surface area contributed by atoms with Gasteiger partial charge in [0.15, 0.2) is 0 Å². The van der Waals surface area contributed by atoms with Gasteiger partial charge in [0.2, 0.25) is 0 Å². The van der Waals surface area contributed by atoms with Crippen LogP contribution in [0, 0.1) is 12.8 Å². The van der Waals surface area contributed by atoms with Crippen molar-refractivity contribution >= 4 is 22.6 Å². The molecule has 0 radical (unpaired) electrons. The maximum Gasteiger partial charge on any atom is 0.310 e. The number of pyridine rings is 2. The third kappa shape index (κ3) is 5.79. The Morgan fingerprint density at radius 2 is 2.05 bits per heavy atom. The SMILES string of the molecule is Cc1cccc(-c2[nH]cnc2-c2ccc3ncc(NCCN4CCC(C(=O)OC5CCN(C)C5)C4)cc3c2)n1. The molecule has 39 heavy (non-hydrogen) atoms. The Morgan fingerprint density at radius 3 is 2.90 bits per heavy atom. The molecule has 6 rings (SSSR count). The molecule has 202 valence electrons. The maximum absolute atomic E-state index is 12.6. The molecule has 0 aliphatic carbocycles. The molecule has 2 aliphatic heterocycles. The van der Waals surface area contributed by atoms with Crippen LogP contribution in [0.15, 0.2) is 55.0 Å². The Balaban J connectivity index is 1.07. The lowest BCUT2D eigenvalue weighted by atomic mass is 10.0.